The van der Waals surface area contributed by atoms with Crippen LogP contribution in [-0.4, -0.2) is 49.7 Å². The van der Waals surface area contributed by atoms with E-state index in [4.69, 9.17) is 10.5 Å². The molecule has 0 amide bonds. The fourth-order valence-corrected chi connectivity index (χ4v) is 4.63. The highest BCUT2D eigenvalue weighted by molar-refractivity contribution is 7.89. The van der Waals surface area contributed by atoms with Gasteiger partial charge in [-0.25, -0.2) is 13.2 Å². The highest BCUT2D eigenvalue weighted by Gasteiger charge is 2.32. The van der Waals surface area contributed by atoms with Crippen LogP contribution in [0.3, 0.4) is 0 Å². The maximum absolute atomic E-state index is 12.9. The third-order valence-electron chi connectivity index (χ3n) is 4.27. The highest BCUT2D eigenvalue weighted by atomic mass is 32.2. The van der Waals surface area contributed by atoms with Gasteiger partial charge in [-0.15, -0.1) is 0 Å². The molecule has 10 heteroatoms. The molecule has 26 heavy (non-hydrogen) atoms. The molecule has 0 radical (unpaired) electrons. The van der Waals surface area contributed by atoms with Gasteiger partial charge in [-0.1, -0.05) is 6.07 Å². The molecule has 1 fully saturated rings. The molecule has 2 aromatic rings. The second-order valence-corrected chi connectivity index (χ2v) is 7.85. The van der Waals surface area contributed by atoms with E-state index in [1.807, 2.05) is 0 Å². The van der Waals surface area contributed by atoms with Crippen molar-refractivity contribution < 1.29 is 22.7 Å². The number of nitrogens with zero attached hydrogens (tertiary/aromatic N) is 2. The molecule has 2 N–H and O–H groups in total. The second kappa shape index (κ2) is 7.06. The molecule has 1 atom stereocenters. The molecule has 0 bridgehead atoms. The first-order valence-electron chi connectivity index (χ1n) is 7.93. The Morgan fingerprint density at radius 2 is 2.08 bits per heavy atom. The second-order valence-electron chi connectivity index (χ2n) is 5.95. The van der Waals surface area contributed by atoms with Crippen LogP contribution in [0.4, 0.5) is 4.79 Å². The average molecular weight is 381 g/mol. The first-order chi connectivity index (χ1) is 12.3. The Labute approximate surface area is 150 Å². The molecule has 1 saturated heterocycles. The Hall–Kier alpha value is -2.43. The number of sulfonamides is 1. The van der Waals surface area contributed by atoms with Gasteiger partial charge in [-0.05, 0) is 24.6 Å². The summed E-state index contributed by atoms with van der Waals surface area (Å²) in [6, 6.07) is 5.84. The van der Waals surface area contributed by atoms with Gasteiger partial charge in [-0.2, -0.15) is 4.31 Å². The van der Waals surface area contributed by atoms with Crippen LogP contribution in [0.5, 0.6) is 0 Å². The van der Waals surface area contributed by atoms with Crippen molar-refractivity contribution >= 4 is 27.0 Å². The zero-order chi connectivity index (χ0) is 18.9. The van der Waals surface area contributed by atoms with Gasteiger partial charge in [-0.3, -0.25) is 9.36 Å². The molecule has 140 valence electrons. The summed E-state index contributed by atoms with van der Waals surface area (Å²) in [5.41, 5.74) is 5.34. The van der Waals surface area contributed by atoms with Crippen LogP contribution in [0, 0.1) is 0 Å². The summed E-state index contributed by atoms with van der Waals surface area (Å²) >= 11 is 0. The lowest BCUT2D eigenvalue weighted by Crippen LogP contribution is -2.32. The smallest absolute Gasteiger partial charge is 0.438 e. The lowest BCUT2D eigenvalue weighted by atomic mass is 10.2. The number of hydrogen-bond acceptors (Lipinski definition) is 7. The SMILES string of the molecule is COC(=O)OCn1ccc2c(S(=O)(=O)N3CCC(N)C3)cccc2c1=O. The van der Waals surface area contributed by atoms with Gasteiger partial charge in [0, 0.05) is 36.1 Å². The summed E-state index contributed by atoms with van der Waals surface area (Å²) in [4.78, 5) is 23.7. The minimum Gasteiger partial charge on any atom is -0.438 e. The van der Waals surface area contributed by atoms with Crippen LogP contribution in [-0.2, 0) is 26.2 Å². The van der Waals surface area contributed by atoms with Crippen LogP contribution in [0.1, 0.15) is 6.42 Å². The van der Waals surface area contributed by atoms with Crippen LogP contribution in [0.25, 0.3) is 10.8 Å². The Balaban J connectivity index is 2.03. The molecule has 0 spiro atoms. The molecule has 3 rings (SSSR count). The first kappa shape index (κ1) is 18.4. The van der Waals surface area contributed by atoms with E-state index >= 15 is 0 Å². The summed E-state index contributed by atoms with van der Waals surface area (Å²) in [6.45, 7) is 0.270. The van der Waals surface area contributed by atoms with Crippen molar-refractivity contribution in [3.05, 3.63) is 40.8 Å². The number of carbonyl (C=O) groups excluding carboxylic acids is 1. The van der Waals surface area contributed by atoms with E-state index in [1.54, 1.807) is 0 Å². The Bertz CT molecular complexity index is 1000. The summed E-state index contributed by atoms with van der Waals surface area (Å²) < 4.78 is 37.4. The number of benzene rings is 1. The lowest BCUT2D eigenvalue weighted by Gasteiger charge is -2.17. The van der Waals surface area contributed by atoms with E-state index in [1.165, 1.54) is 34.8 Å². The molecule has 1 aromatic carbocycles. The molecule has 0 saturated carbocycles. The van der Waals surface area contributed by atoms with E-state index < -0.39 is 21.7 Å². The van der Waals surface area contributed by atoms with E-state index in [0.29, 0.717) is 18.4 Å². The fraction of sp³-hybridized carbons (Fsp3) is 0.375. The van der Waals surface area contributed by atoms with Crippen molar-refractivity contribution in [3.8, 4) is 0 Å². The number of methoxy groups -OCH3 is 1. The number of hydrogen-bond donors (Lipinski definition) is 1. The number of ether oxygens (including phenoxy) is 2. The minimum absolute atomic E-state index is 0.0576. The zero-order valence-corrected chi connectivity index (χ0v) is 14.9. The normalized spacial score (nSPS) is 18.2. The van der Waals surface area contributed by atoms with Crippen LogP contribution in [0.15, 0.2) is 40.2 Å². The van der Waals surface area contributed by atoms with E-state index in [0.717, 1.165) is 11.7 Å². The van der Waals surface area contributed by atoms with Crippen molar-refractivity contribution in [2.24, 2.45) is 5.73 Å². The van der Waals surface area contributed by atoms with Gasteiger partial charge >= 0.3 is 6.16 Å². The van der Waals surface area contributed by atoms with Gasteiger partial charge in [0.05, 0.1) is 12.0 Å². The average Bonchev–Trinajstić information content (AvgIpc) is 3.07. The standard InChI is InChI=1S/C16H19N3O6S/c1-24-16(21)25-10-18-7-6-12-13(15(18)20)3-2-4-14(12)26(22,23)19-8-5-11(17)9-19/h2-4,6-7,11H,5,8-10,17H2,1H3. The number of aromatic nitrogens is 1. The molecular weight excluding hydrogens is 362 g/mol. The fourth-order valence-electron chi connectivity index (χ4n) is 2.91. The van der Waals surface area contributed by atoms with Gasteiger partial charge in [0.1, 0.15) is 0 Å². The van der Waals surface area contributed by atoms with Crippen molar-refractivity contribution in [1.82, 2.24) is 8.87 Å². The monoisotopic (exact) mass is 381 g/mol. The van der Waals surface area contributed by atoms with Gasteiger partial charge in [0.2, 0.25) is 10.0 Å². The number of fused-ring (bicyclic) bond motifs is 1. The predicted molar refractivity (Wildman–Crippen MR) is 93.0 cm³/mol. The van der Waals surface area contributed by atoms with Gasteiger partial charge in [0.15, 0.2) is 6.73 Å². The third kappa shape index (κ3) is 3.30. The van der Waals surface area contributed by atoms with Crippen LogP contribution in [0.2, 0.25) is 0 Å². The third-order valence-corrected chi connectivity index (χ3v) is 6.20. The van der Waals surface area contributed by atoms with Crippen LogP contribution >= 0.6 is 0 Å². The molecule has 1 unspecified atom stereocenters. The Kier molecular flexibility index (Phi) is 4.99. The van der Waals surface area contributed by atoms with Crippen molar-refractivity contribution in [3.63, 3.8) is 0 Å². The number of carbonyl (C=O) groups is 1. The van der Waals surface area contributed by atoms with E-state index in [2.05, 4.69) is 4.74 Å². The molecule has 2 heterocycles. The summed E-state index contributed by atoms with van der Waals surface area (Å²) in [5, 5.41) is 0.526. The highest BCUT2D eigenvalue weighted by Crippen LogP contribution is 2.26. The molecule has 1 aliphatic heterocycles. The largest absolute Gasteiger partial charge is 0.509 e. The maximum Gasteiger partial charge on any atom is 0.509 e. The van der Waals surface area contributed by atoms with Gasteiger partial charge < -0.3 is 15.2 Å². The Morgan fingerprint density at radius 1 is 1.31 bits per heavy atom. The van der Waals surface area contributed by atoms with Crippen LogP contribution < -0.4 is 11.3 Å². The molecule has 1 aliphatic rings. The summed E-state index contributed by atoms with van der Waals surface area (Å²) in [6.07, 6.45) is 1.06. The molecule has 0 aliphatic carbocycles. The number of nitrogens with two attached hydrogens (primary N) is 1. The number of rotatable bonds is 4. The topological polar surface area (TPSA) is 121 Å². The molecule has 9 nitrogen and oxygen atoms in total. The van der Waals surface area contributed by atoms with Gasteiger partial charge in [0.25, 0.3) is 5.56 Å². The summed E-state index contributed by atoms with van der Waals surface area (Å²) in [5.74, 6) is 0. The summed E-state index contributed by atoms with van der Waals surface area (Å²) in [7, 11) is -2.60. The quantitative estimate of drug-likeness (QED) is 0.764. The van der Waals surface area contributed by atoms with Crippen molar-refractivity contribution in [2.75, 3.05) is 20.2 Å². The minimum atomic E-state index is -3.76. The van der Waals surface area contributed by atoms with Crippen molar-refractivity contribution in [1.29, 1.82) is 0 Å². The Morgan fingerprint density at radius 3 is 2.73 bits per heavy atom. The van der Waals surface area contributed by atoms with Crippen molar-refractivity contribution in [2.45, 2.75) is 24.1 Å². The predicted octanol–water partition coefficient (Wildman–Crippen LogP) is 0.464. The zero-order valence-electron chi connectivity index (χ0n) is 14.1. The maximum atomic E-state index is 12.9. The van der Waals surface area contributed by atoms with E-state index in [-0.39, 0.29) is 29.6 Å². The lowest BCUT2D eigenvalue weighted by molar-refractivity contribution is 0.0477. The van der Waals surface area contributed by atoms with E-state index in [9.17, 15) is 18.0 Å². The molecule has 1 aromatic heterocycles. The number of pyridine rings is 1. The first-order valence-corrected chi connectivity index (χ1v) is 9.37. The molecular formula is C16H19N3O6S.